The molecular weight excluding hydrogens is 359 g/mol. The topological polar surface area (TPSA) is 33.7 Å². The number of nitrogens with one attached hydrogen (secondary N) is 1. The van der Waals surface area contributed by atoms with Crippen molar-refractivity contribution in [3.05, 3.63) is 22.7 Å². The SMILES string of the molecule is CCC[C@@H](c1ccc(OC)c(OC)c1Cl)N1CCNCC1.Cl.Cl. The monoisotopic (exact) mass is 384 g/mol. The molecule has 1 saturated heterocycles. The molecule has 134 valence electrons. The molecule has 0 unspecified atom stereocenters. The summed E-state index contributed by atoms with van der Waals surface area (Å²) in [5.41, 5.74) is 1.14. The van der Waals surface area contributed by atoms with Crippen LogP contribution in [0.15, 0.2) is 12.1 Å². The first kappa shape index (κ1) is 22.6. The van der Waals surface area contributed by atoms with Crippen LogP contribution < -0.4 is 14.8 Å². The highest BCUT2D eigenvalue weighted by molar-refractivity contribution is 6.33. The van der Waals surface area contributed by atoms with Gasteiger partial charge < -0.3 is 14.8 Å². The lowest BCUT2D eigenvalue weighted by Crippen LogP contribution is -2.45. The number of piperazine rings is 1. The Morgan fingerprint density at radius 1 is 1.17 bits per heavy atom. The van der Waals surface area contributed by atoms with Crippen LogP contribution in [-0.4, -0.2) is 45.3 Å². The largest absolute Gasteiger partial charge is 0.493 e. The van der Waals surface area contributed by atoms with Crippen molar-refractivity contribution < 1.29 is 9.47 Å². The van der Waals surface area contributed by atoms with Gasteiger partial charge in [-0.1, -0.05) is 31.0 Å². The summed E-state index contributed by atoms with van der Waals surface area (Å²) >= 11 is 6.60. The molecule has 1 N–H and O–H groups in total. The van der Waals surface area contributed by atoms with Crippen LogP contribution in [0.5, 0.6) is 11.5 Å². The summed E-state index contributed by atoms with van der Waals surface area (Å²) in [5, 5.41) is 4.07. The fourth-order valence-corrected chi connectivity index (χ4v) is 3.32. The molecule has 1 aliphatic rings. The van der Waals surface area contributed by atoms with Crippen molar-refractivity contribution in [1.82, 2.24) is 10.2 Å². The van der Waals surface area contributed by atoms with Crippen LogP contribution in [0, 0.1) is 0 Å². The fourth-order valence-electron chi connectivity index (χ4n) is 2.96. The zero-order valence-electron chi connectivity index (χ0n) is 13.9. The molecule has 0 amide bonds. The minimum atomic E-state index is 0. The highest BCUT2D eigenvalue weighted by Gasteiger charge is 2.25. The molecule has 1 aromatic carbocycles. The van der Waals surface area contributed by atoms with E-state index >= 15 is 0 Å². The third kappa shape index (κ3) is 5.30. The zero-order valence-corrected chi connectivity index (χ0v) is 16.3. The Labute approximate surface area is 156 Å². The average molecular weight is 386 g/mol. The Balaban J connectivity index is 0.00000242. The van der Waals surface area contributed by atoms with E-state index in [1.165, 1.54) is 0 Å². The summed E-state index contributed by atoms with van der Waals surface area (Å²) in [6.45, 7) is 6.38. The van der Waals surface area contributed by atoms with Gasteiger partial charge in [-0.15, -0.1) is 24.8 Å². The van der Waals surface area contributed by atoms with Gasteiger partial charge in [-0.05, 0) is 18.1 Å². The van der Waals surface area contributed by atoms with Crippen molar-refractivity contribution in [2.75, 3.05) is 40.4 Å². The van der Waals surface area contributed by atoms with Crippen LogP contribution in [0.1, 0.15) is 31.4 Å². The second-order valence-corrected chi connectivity index (χ2v) is 5.67. The predicted octanol–water partition coefficient (Wildman–Crippen LogP) is 3.95. The number of nitrogens with zero attached hydrogens (tertiary/aromatic N) is 1. The standard InChI is InChI=1S/C16H25ClN2O2.2ClH/c1-4-5-13(19-10-8-18-9-11-19)12-6-7-14(20-2)16(21-3)15(12)17;;/h6-7,13,18H,4-5,8-11H2,1-3H3;2*1H/t13-;;/m0../s1. The third-order valence-corrected chi connectivity index (χ3v) is 4.42. The van der Waals surface area contributed by atoms with Crippen LogP contribution in [0.4, 0.5) is 0 Å². The van der Waals surface area contributed by atoms with E-state index in [4.69, 9.17) is 21.1 Å². The Hall–Kier alpha value is -0.390. The lowest BCUT2D eigenvalue weighted by Gasteiger charge is -2.35. The molecule has 0 aliphatic carbocycles. The number of rotatable bonds is 6. The van der Waals surface area contributed by atoms with Crippen molar-refractivity contribution in [1.29, 1.82) is 0 Å². The highest BCUT2D eigenvalue weighted by atomic mass is 35.5. The van der Waals surface area contributed by atoms with Crippen LogP contribution in [-0.2, 0) is 0 Å². The van der Waals surface area contributed by atoms with Gasteiger partial charge >= 0.3 is 0 Å². The van der Waals surface area contributed by atoms with Gasteiger partial charge in [0.15, 0.2) is 11.5 Å². The number of hydrogen-bond donors (Lipinski definition) is 1. The van der Waals surface area contributed by atoms with Crippen molar-refractivity contribution >= 4 is 36.4 Å². The maximum atomic E-state index is 6.60. The summed E-state index contributed by atoms with van der Waals surface area (Å²) < 4.78 is 10.8. The first-order valence-electron chi connectivity index (χ1n) is 7.58. The molecule has 0 bridgehead atoms. The van der Waals surface area contributed by atoms with Crippen LogP contribution >= 0.6 is 36.4 Å². The maximum Gasteiger partial charge on any atom is 0.179 e. The number of methoxy groups -OCH3 is 2. The molecule has 0 spiro atoms. The molecule has 7 heteroatoms. The molecular formula is C16H27Cl3N2O2. The van der Waals surface area contributed by atoms with Gasteiger partial charge in [0, 0.05) is 32.2 Å². The first-order valence-corrected chi connectivity index (χ1v) is 7.95. The molecule has 1 fully saturated rings. The summed E-state index contributed by atoms with van der Waals surface area (Å²) in [6, 6.07) is 4.36. The summed E-state index contributed by atoms with van der Waals surface area (Å²) in [7, 11) is 3.26. The number of halogens is 3. The average Bonchev–Trinajstić information content (AvgIpc) is 2.53. The molecule has 2 rings (SSSR count). The van der Waals surface area contributed by atoms with Crippen LogP contribution in [0.25, 0.3) is 0 Å². The van der Waals surface area contributed by atoms with Crippen molar-refractivity contribution in [3.63, 3.8) is 0 Å². The predicted molar refractivity (Wildman–Crippen MR) is 101 cm³/mol. The Morgan fingerprint density at radius 3 is 2.35 bits per heavy atom. The molecule has 1 heterocycles. The first-order chi connectivity index (χ1) is 10.2. The summed E-state index contributed by atoms with van der Waals surface area (Å²) in [6.07, 6.45) is 2.22. The smallest absolute Gasteiger partial charge is 0.179 e. The van der Waals surface area contributed by atoms with Gasteiger partial charge in [-0.2, -0.15) is 0 Å². The molecule has 23 heavy (non-hydrogen) atoms. The van der Waals surface area contributed by atoms with Crippen molar-refractivity contribution in [2.45, 2.75) is 25.8 Å². The van der Waals surface area contributed by atoms with E-state index in [0.29, 0.717) is 22.6 Å². The Bertz CT molecular complexity index is 469. The minimum Gasteiger partial charge on any atom is -0.493 e. The van der Waals surface area contributed by atoms with Crippen molar-refractivity contribution in [2.24, 2.45) is 0 Å². The normalized spacial score (nSPS) is 16.0. The van der Waals surface area contributed by atoms with E-state index in [1.807, 2.05) is 6.07 Å². The van der Waals surface area contributed by atoms with Crippen LogP contribution in [0.2, 0.25) is 5.02 Å². The molecule has 0 aromatic heterocycles. The quantitative estimate of drug-likeness (QED) is 0.804. The Kier molecular flexibility index (Phi) is 11.0. The fraction of sp³-hybridized carbons (Fsp3) is 0.625. The zero-order chi connectivity index (χ0) is 15.2. The van der Waals surface area contributed by atoms with Crippen LogP contribution in [0.3, 0.4) is 0 Å². The maximum absolute atomic E-state index is 6.60. The van der Waals surface area contributed by atoms with Crippen molar-refractivity contribution in [3.8, 4) is 11.5 Å². The second-order valence-electron chi connectivity index (χ2n) is 5.29. The molecule has 0 radical (unpaired) electrons. The van der Waals surface area contributed by atoms with E-state index in [9.17, 15) is 0 Å². The Morgan fingerprint density at radius 2 is 1.83 bits per heavy atom. The van der Waals surface area contributed by atoms with Gasteiger partial charge in [0.1, 0.15) is 0 Å². The van der Waals surface area contributed by atoms with E-state index < -0.39 is 0 Å². The number of hydrogen-bond acceptors (Lipinski definition) is 4. The molecule has 1 atom stereocenters. The summed E-state index contributed by atoms with van der Waals surface area (Å²) in [4.78, 5) is 2.51. The highest BCUT2D eigenvalue weighted by Crippen LogP contribution is 2.42. The van der Waals surface area contributed by atoms with E-state index in [0.717, 1.165) is 44.6 Å². The van der Waals surface area contributed by atoms with Gasteiger partial charge in [-0.25, -0.2) is 0 Å². The minimum absolute atomic E-state index is 0. The molecule has 0 saturated carbocycles. The van der Waals surface area contributed by atoms with E-state index in [2.05, 4.69) is 23.2 Å². The third-order valence-electron chi connectivity index (χ3n) is 4.03. The van der Waals surface area contributed by atoms with Gasteiger partial charge in [0.2, 0.25) is 0 Å². The number of benzene rings is 1. The molecule has 4 nitrogen and oxygen atoms in total. The van der Waals surface area contributed by atoms with Gasteiger partial charge in [0.25, 0.3) is 0 Å². The second kappa shape index (κ2) is 11.2. The summed E-state index contributed by atoms with van der Waals surface area (Å²) in [5.74, 6) is 1.31. The van der Waals surface area contributed by atoms with Gasteiger partial charge in [0.05, 0.1) is 19.2 Å². The lowest BCUT2D eigenvalue weighted by molar-refractivity contribution is 0.164. The molecule has 1 aromatic rings. The van der Waals surface area contributed by atoms with Gasteiger partial charge in [-0.3, -0.25) is 4.90 Å². The number of ether oxygens (including phenoxy) is 2. The molecule has 1 aliphatic heterocycles. The van der Waals surface area contributed by atoms with E-state index in [-0.39, 0.29) is 24.8 Å². The lowest BCUT2D eigenvalue weighted by atomic mass is 9.99. The van der Waals surface area contributed by atoms with E-state index in [1.54, 1.807) is 14.2 Å².